The predicted octanol–water partition coefficient (Wildman–Crippen LogP) is 4.83. The molecule has 1 nitrogen and oxygen atoms in total. The van der Waals surface area contributed by atoms with E-state index in [1.165, 1.54) is 11.1 Å². The molecule has 108 valence electrons. The highest BCUT2D eigenvalue weighted by Crippen LogP contribution is 2.38. The molecule has 0 spiro atoms. The van der Waals surface area contributed by atoms with Gasteiger partial charge in [-0.2, -0.15) is 0 Å². The van der Waals surface area contributed by atoms with Crippen LogP contribution in [-0.2, 0) is 4.79 Å². The lowest BCUT2D eigenvalue weighted by atomic mass is 9.73. The predicted molar refractivity (Wildman–Crippen MR) is 84.2 cm³/mol. The second-order valence-electron chi connectivity index (χ2n) is 7.52. The first-order valence-corrected chi connectivity index (χ1v) is 7.65. The molecule has 2 rings (SSSR count). The fraction of sp³-hybridized carbons (Fsp3) is 0.632. The summed E-state index contributed by atoms with van der Waals surface area (Å²) in [4.78, 5) is 12.0. The van der Waals surface area contributed by atoms with Crippen LogP contribution in [0.5, 0.6) is 0 Å². The van der Waals surface area contributed by atoms with Crippen LogP contribution in [-0.4, -0.2) is 5.78 Å². The largest absolute Gasteiger partial charge is 0.293 e. The molecule has 0 aliphatic heterocycles. The van der Waals surface area contributed by atoms with Crippen LogP contribution in [0.3, 0.4) is 0 Å². The molecule has 0 aromatic rings. The molecule has 0 aromatic heterocycles. The van der Waals surface area contributed by atoms with Gasteiger partial charge in [-0.25, -0.2) is 0 Å². The molecule has 1 unspecified atom stereocenters. The Labute approximate surface area is 123 Å². The van der Waals surface area contributed by atoms with Crippen molar-refractivity contribution in [3.63, 3.8) is 0 Å². The first kappa shape index (κ1) is 15.1. The molecular weight excluding hydrogens is 244 g/mol. The van der Waals surface area contributed by atoms with E-state index in [1.54, 1.807) is 0 Å². The van der Waals surface area contributed by atoms with Crippen LogP contribution < -0.4 is 0 Å². The van der Waals surface area contributed by atoms with Crippen LogP contribution in [0.2, 0.25) is 0 Å². The third kappa shape index (κ3) is 3.42. The number of hydrogen-bond acceptors (Lipinski definition) is 1. The lowest BCUT2D eigenvalue weighted by Crippen LogP contribution is -2.21. The van der Waals surface area contributed by atoms with Crippen LogP contribution in [0.1, 0.15) is 66.7 Å². The maximum absolute atomic E-state index is 12.0. The Hall–Kier alpha value is -1.29. The standard InChI is InChI=1S/C19H26O/c1-14-6-10-19(5,12-15(14)2)11-7-16-13-18(3,4)9-8-17(16)20/h13H,6,8-10,12H2,1-5H3. The Bertz CT molecular complexity index is 548. The van der Waals surface area contributed by atoms with Crippen molar-refractivity contribution < 1.29 is 4.79 Å². The number of Topliss-reactive ketones (excluding diaryl/α,β-unsaturated/α-hetero) is 1. The van der Waals surface area contributed by atoms with Crippen molar-refractivity contribution in [3.05, 3.63) is 22.8 Å². The van der Waals surface area contributed by atoms with Crippen LogP contribution >= 0.6 is 0 Å². The molecule has 1 heteroatoms. The normalized spacial score (nSPS) is 29.6. The highest BCUT2D eigenvalue weighted by Gasteiger charge is 2.28. The lowest BCUT2D eigenvalue weighted by molar-refractivity contribution is -0.116. The van der Waals surface area contributed by atoms with E-state index < -0.39 is 0 Å². The van der Waals surface area contributed by atoms with Crippen LogP contribution in [0.15, 0.2) is 22.8 Å². The number of carbonyl (C=O) groups is 1. The van der Waals surface area contributed by atoms with Crippen molar-refractivity contribution in [3.8, 4) is 11.8 Å². The molecule has 0 heterocycles. The first-order valence-electron chi connectivity index (χ1n) is 7.65. The molecule has 2 aliphatic rings. The topological polar surface area (TPSA) is 17.1 Å². The number of ketones is 1. The van der Waals surface area contributed by atoms with E-state index in [4.69, 9.17) is 0 Å². The minimum atomic E-state index is 0.0340. The molecule has 0 radical (unpaired) electrons. The van der Waals surface area contributed by atoms with Gasteiger partial charge < -0.3 is 0 Å². The highest BCUT2D eigenvalue weighted by molar-refractivity contribution is 6.00. The maximum Gasteiger partial charge on any atom is 0.170 e. The van der Waals surface area contributed by atoms with Gasteiger partial charge in [0.1, 0.15) is 0 Å². The number of hydrogen-bond donors (Lipinski definition) is 0. The Morgan fingerprint density at radius 1 is 1.05 bits per heavy atom. The van der Waals surface area contributed by atoms with E-state index in [0.29, 0.717) is 6.42 Å². The summed E-state index contributed by atoms with van der Waals surface area (Å²) in [5.74, 6) is 6.85. The van der Waals surface area contributed by atoms with Gasteiger partial charge in [0.2, 0.25) is 0 Å². The van der Waals surface area contributed by atoms with Crippen molar-refractivity contribution in [1.29, 1.82) is 0 Å². The van der Waals surface area contributed by atoms with E-state index in [9.17, 15) is 4.79 Å². The summed E-state index contributed by atoms with van der Waals surface area (Å²) < 4.78 is 0. The highest BCUT2D eigenvalue weighted by atomic mass is 16.1. The molecule has 0 fully saturated rings. The second kappa shape index (κ2) is 5.24. The summed E-state index contributed by atoms with van der Waals surface area (Å²) in [5, 5.41) is 0. The number of rotatable bonds is 0. The molecule has 0 N–H and O–H groups in total. The zero-order chi connectivity index (χ0) is 15.0. The van der Waals surface area contributed by atoms with Gasteiger partial charge in [-0.15, -0.1) is 0 Å². The summed E-state index contributed by atoms with van der Waals surface area (Å²) in [6.45, 7) is 11.0. The van der Waals surface area contributed by atoms with Gasteiger partial charge >= 0.3 is 0 Å². The van der Waals surface area contributed by atoms with Crippen molar-refractivity contribution in [1.82, 2.24) is 0 Å². The average molecular weight is 270 g/mol. The van der Waals surface area contributed by atoms with E-state index >= 15 is 0 Å². The quantitative estimate of drug-likeness (QED) is 0.455. The summed E-state index contributed by atoms with van der Waals surface area (Å²) in [5.41, 5.74) is 3.87. The Kier molecular flexibility index (Phi) is 3.96. The number of carbonyl (C=O) groups excluding carboxylic acids is 1. The van der Waals surface area contributed by atoms with Crippen molar-refractivity contribution in [2.75, 3.05) is 0 Å². The van der Waals surface area contributed by atoms with E-state index in [1.807, 2.05) is 0 Å². The van der Waals surface area contributed by atoms with E-state index in [0.717, 1.165) is 31.3 Å². The molecule has 1 atom stereocenters. The first-order chi connectivity index (χ1) is 9.21. The third-order valence-electron chi connectivity index (χ3n) is 4.77. The lowest BCUT2D eigenvalue weighted by Gasteiger charge is -2.30. The SMILES string of the molecule is CC1=C(C)CC(C)(C#CC2=CC(C)(C)CCC2=O)CC1. The summed E-state index contributed by atoms with van der Waals surface area (Å²) in [6, 6.07) is 0. The smallest absolute Gasteiger partial charge is 0.170 e. The van der Waals surface area contributed by atoms with Gasteiger partial charge in [-0.3, -0.25) is 4.79 Å². The average Bonchev–Trinajstić information content (AvgIpc) is 2.36. The van der Waals surface area contributed by atoms with Gasteiger partial charge in [0.25, 0.3) is 0 Å². The Morgan fingerprint density at radius 3 is 2.40 bits per heavy atom. The summed E-state index contributed by atoms with van der Waals surface area (Å²) in [7, 11) is 0. The monoisotopic (exact) mass is 270 g/mol. The minimum Gasteiger partial charge on any atom is -0.293 e. The summed E-state index contributed by atoms with van der Waals surface area (Å²) >= 11 is 0. The zero-order valence-electron chi connectivity index (χ0n) is 13.5. The van der Waals surface area contributed by atoms with Gasteiger partial charge in [-0.1, -0.05) is 42.9 Å². The van der Waals surface area contributed by atoms with E-state index in [2.05, 4.69) is 52.5 Å². The molecular formula is C19H26O. The van der Waals surface area contributed by atoms with Gasteiger partial charge in [0.05, 0.1) is 5.57 Å². The van der Waals surface area contributed by atoms with Gasteiger partial charge in [0, 0.05) is 11.8 Å². The van der Waals surface area contributed by atoms with Crippen LogP contribution in [0.4, 0.5) is 0 Å². The molecule has 2 aliphatic carbocycles. The fourth-order valence-electron chi connectivity index (χ4n) is 3.05. The Balaban J connectivity index is 2.23. The van der Waals surface area contributed by atoms with Crippen molar-refractivity contribution in [2.45, 2.75) is 66.7 Å². The van der Waals surface area contributed by atoms with Gasteiger partial charge in [0.15, 0.2) is 5.78 Å². The number of allylic oxidation sites excluding steroid dienone is 4. The second-order valence-corrected chi connectivity index (χ2v) is 7.52. The molecule has 0 saturated carbocycles. The molecule has 0 saturated heterocycles. The maximum atomic E-state index is 12.0. The van der Waals surface area contributed by atoms with Crippen LogP contribution in [0, 0.1) is 22.7 Å². The van der Waals surface area contributed by atoms with E-state index in [-0.39, 0.29) is 16.6 Å². The zero-order valence-corrected chi connectivity index (χ0v) is 13.5. The van der Waals surface area contributed by atoms with Gasteiger partial charge in [-0.05, 0) is 51.9 Å². The Morgan fingerprint density at radius 2 is 1.75 bits per heavy atom. The van der Waals surface area contributed by atoms with Crippen molar-refractivity contribution >= 4 is 5.78 Å². The van der Waals surface area contributed by atoms with Crippen LogP contribution in [0.25, 0.3) is 0 Å². The molecule has 0 amide bonds. The summed E-state index contributed by atoms with van der Waals surface area (Å²) in [6.07, 6.45) is 6.93. The third-order valence-corrected chi connectivity index (χ3v) is 4.77. The molecule has 0 aromatic carbocycles. The molecule has 20 heavy (non-hydrogen) atoms. The molecule has 0 bridgehead atoms. The minimum absolute atomic E-state index is 0.0340. The fourth-order valence-corrected chi connectivity index (χ4v) is 3.05. The van der Waals surface area contributed by atoms with Crippen molar-refractivity contribution in [2.24, 2.45) is 10.8 Å².